The molecule has 0 bridgehead atoms. The van der Waals surface area contributed by atoms with E-state index in [2.05, 4.69) is 45.6 Å². The molecule has 154 valence electrons. The van der Waals surface area contributed by atoms with Crippen molar-refractivity contribution in [2.75, 3.05) is 6.61 Å². The summed E-state index contributed by atoms with van der Waals surface area (Å²) < 4.78 is 5.75. The molecule has 0 aliphatic rings. The van der Waals surface area contributed by atoms with E-state index in [1.54, 1.807) is 19.1 Å². The predicted octanol–water partition coefficient (Wildman–Crippen LogP) is 3.44. The number of phenols is 1. The minimum Gasteiger partial charge on any atom is -0.503 e. The molecule has 0 unspecified atom stereocenters. The van der Waals surface area contributed by atoms with Gasteiger partial charge in [-0.1, -0.05) is 38.1 Å². The van der Waals surface area contributed by atoms with Crippen molar-refractivity contribution < 1.29 is 19.4 Å². The highest BCUT2D eigenvalue weighted by molar-refractivity contribution is 9.10. The number of carbonyl (C=O) groups excluding carboxylic acids is 2. The predicted molar refractivity (Wildman–Crippen MR) is 115 cm³/mol. The first-order valence-corrected chi connectivity index (χ1v) is 9.96. The molecule has 8 heteroatoms. The molecule has 2 rings (SSSR count). The van der Waals surface area contributed by atoms with Gasteiger partial charge < -0.3 is 15.2 Å². The van der Waals surface area contributed by atoms with Crippen molar-refractivity contribution in [2.24, 2.45) is 5.10 Å². The van der Waals surface area contributed by atoms with Crippen LogP contribution in [0.15, 0.2) is 46.0 Å². The van der Waals surface area contributed by atoms with Crippen LogP contribution in [0.3, 0.4) is 0 Å². The SMILES string of the molecule is CCOc1cc(/C=N\NC(=O)C(=O)NCc2ccc(C(C)C)cc2)cc(Br)c1O. The maximum absolute atomic E-state index is 11.9. The Morgan fingerprint density at radius 2 is 1.90 bits per heavy atom. The zero-order valence-electron chi connectivity index (χ0n) is 16.5. The molecule has 0 aromatic heterocycles. The lowest BCUT2D eigenvalue weighted by atomic mass is 10.0. The molecule has 7 nitrogen and oxygen atoms in total. The lowest BCUT2D eigenvalue weighted by Gasteiger charge is -2.08. The normalized spacial score (nSPS) is 10.9. The summed E-state index contributed by atoms with van der Waals surface area (Å²) in [5.41, 5.74) is 4.86. The highest BCUT2D eigenvalue weighted by Gasteiger charge is 2.12. The number of rotatable bonds is 7. The van der Waals surface area contributed by atoms with E-state index in [9.17, 15) is 14.7 Å². The highest BCUT2D eigenvalue weighted by Crippen LogP contribution is 2.35. The Hall–Kier alpha value is -2.87. The maximum Gasteiger partial charge on any atom is 0.329 e. The Bertz CT molecular complexity index is 896. The molecule has 0 aliphatic carbocycles. The number of hydrogen-bond acceptors (Lipinski definition) is 5. The van der Waals surface area contributed by atoms with Gasteiger partial charge in [0.1, 0.15) is 0 Å². The van der Waals surface area contributed by atoms with Crippen LogP contribution in [0.2, 0.25) is 0 Å². The van der Waals surface area contributed by atoms with Gasteiger partial charge in [-0.05, 0) is 57.6 Å². The second-order valence-corrected chi connectivity index (χ2v) is 7.41. The fraction of sp³-hybridized carbons (Fsp3) is 0.286. The van der Waals surface area contributed by atoms with Crippen molar-refractivity contribution in [3.63, 3.8) is 0 Å². The number of aromatic hydroxyl groups is 1. The standard InChI is InChI=1S/C21H24BrN3O4/c1-4-29-18-10-15(9-17(22)19(18)26)12-24-25-21(28)20(27)23-11-14-5-7-16(8-6-14)13(2)3/h5-10,12-13,26H,4,11H2,1-3H3,(H,23,27)(H,25,28)/b24-12-. The van der Waals surface area contributed by atoms with E-state index < -0.39 is 11.8 Å². The van der Waals surface area contributed by atoms with Crippen LogP contribution in [-0.2, 0) is 16.1 Å². The topological polar surface area (TPSA) is 100 Å². The van der Waals surface area contributed by atoms with E-state index in [1.165, 1.54) is 11.8 Å². The van der Waals surface area contributed by atoms with Gasteiger partial charge >= 0.3 is 11.8 Å². The molecule has 3 N–H and O–H groups in total. The zero-order valence-corrected chi connectivity index (χ0v) is 18.1. The number of benzene rings is 2. The summed E-state index contributed by atoms with van der Waals surface area (Å²) in [4.78, 5) is 23.8. The van der Waals surface area contributed by atoms with Crippen LogP contribution in [0.5, 0.6) is 11.5 Å². The zero-order chi connectivity index (χ0) is 21.4. The molecule has 0 fully saturated rings. The average Bonchev–Trinajstić information content (AvgIpc) is 2.70. The Kier molecular flexibility index (Phi) is 8.21. The first-order chi connectivity index (χ1) is 13.8. The summed E-state index contributed by atoms with van der Waals surface area (Å²) in [6, 6.07) is 11.0. The third-order valence-corrected chi connectivity index (χ3v) is 4.64. The van der Waals surface area contributed by atoms with Crippen molar-refractivity contribution in [3.8, 4) is 11.5 Å². The number of ether oxygens (including phenoxy) is 1. The molecule has 2 aromatic rings. The van der Waals surface area contributed by atoms with Gasteiger partial charge in [-0.15, -0.1) is 0 Å². The van der Waals surface area contributed by atoms with Crippen molar-refractivity contribution in [2.45, 2.75) is 33.2 Å². The van der Waals surface area contributed by atoms with Crippen LogP contribution < -0.4 is 15.5 Å². The molecule has 29 heavy (non-hydrogen) atoms. The van der Waals surface area contributed by atoms with Crippen LogP contribution in [0.25, 0.3) is 0 Å². The van der Waals surface area contributed by atoms with Crippen LogP contribution in [0, 0.1) is 0 Å². The van der Waals surface area contributed by atoms with Crippen molar-refractivity contribution in [1.82, 2.24) is 10.7 Å². The van der Waals surface area contributed by atoms with E-state index >= 15 is 0 Å². The van der Waals surface area contributed by atoms with Gasteiger partial charge in [-0.25, -0.2) is 5.43 Å². The van der Waals surface area contributed by atoms with E-state index in [0.717, 1.165) is 5.56 Å². The number of amides is 2. The van der Waals surface area contributed by atoms with Gasteiger partial charge in [0.2, 0.25) is 0 Å². The lowest BCUT2D eigenvalue weighted by Crippen LogP contribution is -2.37. The quantitative estimate of drug-likeness (QED) is 0.334. The highest BCUT2D eigenvalue weighted by atomic mass is 79.9. The molecule has 0 radical (unpaired) electrons. The van der Waals surface area contributed by atoms with E-state index in [1.807, 2.05) is 24.3 Å². The van der Waals surface area contributed by atoms with Crippen molar-refractivity contribution >= 4 is 34.0 Å². The van der Waals surface area contributed by atoms with Gasteiger partial charge in [0.25, 0.3) is 0 Å². The minimum absolute atomic E-state index is 0.0196. The fourth-order valence-electron chi connectivity index (χ4n) is 2.43. The molecular formula is C21H24BrN3O4. The Morgan fingerprint density at radius 3 is 2.52 bits per heavy atom. The van der Waals surface area contributed by atoms with Crippen molar-refractivity contribution in [1.29, 1.82) is 0 Å². The molecule has 0 aliphatic heterocycles. The van der Waals surface area contributed by atoms with Gasteiger partial charge in [0.15, 0.2) is 11.5 Å². The molecule has 2 aromatic carbocycles. The second kappa shape index (κ2) is 10.6. The number of phenolic OH excluding ortho intramolecular Hbond substituents is 1. The second-order valence-electron chi connectivity index (χ2n) is 6.56. The first kappa shape index (κ1) is 22.4. The average molecular weight is 462 g/mol. The van der Waals surface area contributed by atoms with E-state index in [-0.39, 0.29) is 18.0 Å². The Balaban J connectivity index is 1.89. The van der Waals surface area contributed by atoms with Crippen LogP contribution in [0.4, 0.5) is 0 Å². The van der Waals surface area contributed by atoms with Gasteiger partial charge in [-0.3, -0.25) is 9.59 Å². The number of nitrogens with one attached hydrogen (secondary N) is 2. The summed E-state index contributed by atoms with van der Waals surface area (Å²) in [7, 11) is 0. The van der Waals surface area contributed by atoms with Gasteiger partial charge in [0.05, 0.1) is 17.3 Å². The maximum atomic E-state index is 11.9. The molecule has 0 spiro atoms. The number of hydrogen-bond donors (Lipinski definition) is 3. The number of hydrazone groups is 1. The molecule has 0 heterocycles. The summed E-state index contributed by atoms with van der Waals surface area (Å²) in [5.74, 6) is -0.953. The summed E-state index contributed by atoms with van der Waals surface area (Å²) in [6.07, 6.45) is 1.35. The first-order valence-electron chi connectivity index (χ1n) is 9.17. The van der Waals surface area contributed by atoms with Gasteiger partial charge in [0, 0.05) is 6.54 Å². The number of halogens is 1. The van der Waals surface area contributed by atoms with Crippen molar-refractivity contribution in [3.05, 3.63) is 57.6 Å². The number of nitrogens with zero attached hydrogens (tertiary/aromatic N) is 1. The third-order valence-electron chi connectivity index (χ3n) is 4.04. The summed E-state index contributed by atoms with van der Waals surface area (Å²) in [6.45, 7) is 6.65. The van der Waals surface area contributed by atoms with Crippen LogP contribution >= 0.6 is 15.9 Å². The number of carbonyl (C=O) groups is 2. The Morgan fingerprint density at radius 1 is 1.21 bits per heavy atom. The molecule has 0 saturated heterocycles. The van der Waals surface area contributed by atoms with Gasteiger partial charge in [-0.2, -0.15) is 5.10 Å². The van der Waals surface area contributed by atoms with E-state index in [0.29, 0.717) is 22.6 Å². The molecule has 2 amide bonds. The summed E-state index contributed by atoms with van der Waals surface area (Å²) >= 11 is 3.22. The minimum atomic E-state index is -0.872. The monoisotopic (exact) mass is 461 g/mol. The van der Waals surface area contributed by atoms with Crippen LogP contribution in [-0.4, -0.2) is 29.7 Å². The third kappa shape index (κ3) is 6.60. The summed E-state index contributed by atoms with van der Waals surface area (Å²) in [5, 5.41) is 16.2. The lowest BCUT2D eigenvalue weighted by molar-refractivity contribution is -0.139. The van der Waals surface area contributed by atoms with Crippen LogP contribution in [0.1, 0.15) is 43.4 Å². The molecule has 0 atom stereocenters. The van der Waals surface area contributed by atoms with E-state index in [4.69, 9.17) is 4.74 Å². The molecule has 0 saturated carbocycles. The molecular weight excluding hydrogens is 438 g/mol. The Labute approximate surface area is 178 Å². The fourth-order valence-corrected chi connectivity index (χ4v) is 2.89. The largest absolute Gasteiger partial charge is 0.503 e. The smallest absolute Gasteiger partial charge is 0.329 e.